The third-order valence-electron chi connectivity index (χ3n) is 4.45. The van der Waals surface area contributed by atoms with E-state index in [2.05, 4.69) is 34.1 Å². The van der Waals surface area contributed by atoms with Crippen LogP contribution in [0.4, 0.5) is 0 Å². The lowest BCUT2D eigenvalue weighted by molar-refractivity contribution is 0.409. The van der Waals surface area contributed by atoms with E-state index in [9.17, 15) is 0 Å². The van der Waals surface area contributed by atoms with Crippen molar-refractivity contribution < 1.29 is 0 Å². The molecule has 0 nitrogen and oxygen atoms in total. The van der Waals surface area contributed by atoms with Crippen LogP contribution in [0.3, 0.4) is 0 Å². The lowest BCUT2D eigenvalue weighted by Gasteiger charge is -2.20. The molecule has 20 heavy (non-hydrogen) atoms. The first-order valence-corrected chi connectivity index (χ1v) is 9.59. The standard InChI is InChI=1S/C20H41/c1-5-8-10-12-13-16-19(4)18-20(15-7-3)17-14-11-9-6-2/h18-20H,5-17H2,1-4H3. The molecule has 0 saturated heterocycles. The molecule has 0 heteroatoms. The van der Waals surface area contributed by atoms with Crippen LogP contribution >= 0.6 is 0 Å². The largest absolute Gasteiger partial charge is 0.0654 e. The summed E-state index contributed by atoms with van der Waals surface area (Å²) in [7, 11) is 0. The Morgan fingerprint density at radius 2 is 1.15 bits per heavy atom. The highest BCUT2D eigenvalue weighted by Crippen LogP contribution is 2.25. The maximum absolute atomic E-state index is 2.69. The molecule has 0 aromatic rings. The van der Waals surface area contributed by atoms with E-state index in [4.69, 9.17) is 0 Å². The molecule has 0 aliphatic rings. The van der Waals surface area contributed by atoms with Gasteiger partial charge in [0.2, 0.25) is 0 Å². The second kappa shape index (κ2) is 15.4. The third-order valence-corrected chi connectivity index (χ3v) is 4.45. The Hall–Kier alpha value is 0. The normalized spacial score (nSPS) is 14.4. The minimum Gasteiger partial charge on any atom is -0.0654 e. The Kier molecular flexibility index (Phi) is 15.4. The van der Waals surface area contributed by atoms with Crippen LogP contribution in [0, 0.1) is 18.3 Å². The van der Waals surface area contributed by atoms with Crippen molar-refractivity contribution in [3.8, 4) is 0 Å². The topological polar surface area (TPSA) is 0 Å². The van der Waals surface area contributed by atoms with Gasteiger partial charge >= 0.3 is 0 Å². The predicted octanol–water partition coefficient (Wildman–Crippen LogP) is 7.57. The van der Waals surface area contributed by atoms with Gasteiger partial charge in [-0.2, -0.15) is 0 Å². The van der Waals surface area contributed by atoms with Crippen molar-refractivity contribution in [3.63, 3.8) is 0 Å². The lowest BCUT2D eigenvalue weighted by Crippen LogP contribution is -2.08. The average molecular weight is 282 g/mol. The minimum absolute atomic E-state index is 0.833. The molecular formula is C20H41. The number of hydrogen-bond donors (Lipinski definition) is 0. The quantitative estimate of drug-likeness (QED) is 0.271. The van der Waals surface area contributed by atoms with Crippen molar-refractivity contribution >= 4 is 0 Å². The van der Waals surface area contributed by atoms with Crippen molar-refractivity contribution in [1.82, 2.24) is 0 Å². The van der Waals surface area contributed by atoms with Crippen LogP contribution in [0.25, 0.3) is 0 Å². The first-order chi connectivity index (χ1) is 9.74. The highest BCUT2D eigenvalue weighted by Gasteiger charge is 2.12. The first kappa shape index (κ1) is 20.0. The van der Waals surface area contributed by atoms with Crippen LogP contribution in [-0.2, 0) is 0 Å². The fraction of sp³-hybridized carbons (Fsp3) is 0.950. The SMILES string of the molecule is CCCCCCCC(C)[CH]C(CCC)CCCCCC. The van der Waals surface area contributed by atoms with Crippen LogP contribution in [-0.4, -0.2) is 0 Å². The molecule has 0 saturated carbocycles. The fourth-order valence-electron chi connectivity index (χ4n) is 3.17. The summed E-state index contributed by atoms with van der Waals surface area (Å²) >= 11 is 0. The molecule has 1 radical (unpaired) electrons. The summed E-state index contributed by atoms with van der Waals surface area (Å²) in [6, 6.07) is 0. The number of unbranched alkanes of at least 4 members (excludes halogenated alkanes) is 7. The predicted molar refractivity (Wildman–Crippen MR) is 94.0 cm³/mol. The van der Waals surface area contributed by atoms with Gasteiger partial charge in [0.05, 0.1) is 0 Å². The van der Waals surface area contributed by atoms with Gasteiger partial charge in [-0.15, -0.1) is 0 Å². The van der Waals surface area contributed by atoms with E-state index in [0.717, 1.165) is 11.8 Å². The number of hydrogen-bond acceptors (Lipinski definition) is 0. The smallest absolute Gasteiger partial charge is 0.0326 e. The van der Waals surface area contributed by atoms with Gasteiger partial charge in [0, 0.05) is 0 Å². The van der Waals surface area contributed by atoms with Crippen LogP contribution < -0.4 is 0 Å². The van der Waals surface area contributed by atoms with Crippen molar-refractivity contribution in [1.29, 1.82) is 0 Å². The van der Waals surface area contributed by atoms with Gasteiger partial charge in [-0.3, -0.25) is 0 Å². The Balaban J connectivity index is 3.68. The first-order valence-electron chi connectivity index (χ1n) is 9.59. The molecule has 0 aromatic heterocycles. The van der Waals surface area contributed by atoms with Crippen molar-refractivity contribution in [2.75, 3.05) is 0 Å². The summed E-state index contributed by atoms with van der Waals surface area (Å²) in [4.78, 5) is 0. The average Bonchev–Trinajstić information content (AvgIpc) is 2.43. The maximum atomic E-state index is 2.69. The molecule has 0 N–H and O–H groups in total. The van der Waals surface area contributed by atoms with Crippen LogP contribution in [0.5, 0.6) is 0 Å². The second-order valence-electron chi connectivity index (χ2n) is 6.77. The molecule has 0 fully saturated rings. The summed E-state index contributed by atoms with van der Waals surface area (Å²) < 4.78 is 0. The van der Waals surface area contributed by atoms with Crippen LogP contribution in [0.1, 0.15) is 111 Å². The minimum atomic E-state index is 0.833. The maximum Gasteiger partial charge on any atom is -0.0326 e. The number of rotatable bonds is 15. The zero-order chi connectivity index (χ0) is 15.1. The molecule has 0 aromatic carbocycles. The lowest BCUT2D eigenvalue weighted by atomic mass is 9.85. The summed E-state index contributed by atoms with van der Waals surface area (Å²) in [6.45, 7) is 9.37. The van der Waals surface area contributed by atoms with E-state index >= 15 is 0 Å². The fourth-order valence-corrected chi connectivity index (χ4v) is 3.17. The highest BCUT2D eigenvalue weighted by atomic mass is 14.2. The van der Waals surface area contributed by atoms with Gasteiger partial charge in [-0.25, -0.2) is 0 Å². The molecule has 2 atom stereocenters. The van der Waals surface area contributed by atoms with Crippen molar-refractivity contribution in [2.45, 2.75) is 111 Å². The molecule has 0 amide bonds. The third kappa shape index (κ3) is 13.0. The van der Waals surface area contributed by atoms with Gasteiger partial charge in [0.1, 0.15) is 0 Å². The van der Waals surface area contributed by atoms with Gasteiger partial charge in [-0.1, -0.05) is 111 Å². The summed E-state index contributed by atoms with van der Waals surface area (Å²) in [5.74, 6) is 1.72. The molecule has 0 aliphatic carbocycles. The van der Waals surface area contributed by atoms with Gasteiger partial charge in [0.25, 0.3) is 0 Å². The molecule has 2 unspecified atom stereocenters. The van der Waals surface area contributed by atoms with E-state index in [1.165, 1.54) is 83.5 Å². The molecule has 0 heterocycles. The zero-order valence-corrected chi connectivity index (χ0v) is 14.9. The van der Waals surface area contributed by atoms with E-state index < -0.39 is 0 Å². The van der Waals surface area contributed by atoms with Crippen molar-refractivity contribution in [3.05, 3.63) is 6.42 Å². The summed E-state index contributed by atoms with van der Waals surface area (Å²) in [5, 5.41) is 0. The van der Waals surface area contributed by atoms with E-state index in [1.54, 1.807) is 0 Å². The summed E-state index contributed by atoms with van der Waals surface area (Å²) in [5.41, 5.74) is 0. The van der Waals surface area contributed by atoms with Crippen molar-refractivity contribution in [2.24, 2.45) is 11.8 Å². The molecule has 0 aliphatic heterocycles. The van der Waals surface area contributed by atoms with E-state index in [-0.39, 0.29) is 0 Å². The Morgan fingerprint density at radius 3 is 1.75 bits per heavy atom. The Labute approximate surface area is 130 Å². The molecule has 0 rings (SSSR count). The van der Waals surface area contributed by atoms with E-state index in [0.29, 0.717) is 0 Å². The Morgan fingerprint density at radius 1 is 0.600 bits per heavy atom. The Bertz CT molecular complexity index is 173. The van der Waals surface area contributed by atoms with Gasteiger partial charge in [0.15, 0.2) is 0 Å². The summed E-state index contributed by atoms with van der Waals surface area (Å²) in [6.07, 6.45) is 21.1. The molecule has 121 valence electrons. The van der Waals surface area contributed by atoms with Crippen LogP contribution in [0.15, 0.2) is 0 Å². The molecular weight excluding hydrogens is 240 g/mol. The second-order valence-corrected chi connectivity index (χ2v) is 6.77. The van der Waals surface area contributed by atoms with Crippen LogP contribution in [0.2, 0.25) is 0 Å². The zero-order valence-electron chi connectivity index (χ0n) is 14.9. The molecule has 0 bridgehead atoms. The van der Waals surface area contributed by atoms with E-state index in [1.807, 2.05) is 0 Å². The highest BCUT2D eigenvalue weighted by molar-refractivity contribution is 4.81. The van der Waals surface area contributed by atoms with Gasteiger partial charge < -0.3 is 0 Å². The molecule has 0 spiro atoms. The van der Waals surface area contributed by atoms with Gasteiger partial charge in [-0.05, 0) is 18.3 Å². The monoisotopic (exact) mass is 281 g/mol.